The molecule has 1 amide bonds. The number of benzene rings is 1. The zero-order valence-electron chi connectivity index (χ0n) is 17.5. The SMILES string of the molecule is CCNC(=NCCCN1CCCC1=O)N1CCN(c2cc(Cl)ccc2C)CC1.I. The van der Waals surface area contributed by atoms with Crippen LogP contribution in [0.15, 0.2) is 23.2 Å². The summed E-state index contributed by atoms with van der Waals surface area (Å²) in [5.74, 6) is 1.28. The first-order valence-electron chi connectivity index (χ1n) is 10.4. The number of carbonyl (C=O) groups is 1. The Labute approximate surface area is 196 Å². The Kier molecular flexibility index (Phi) is 9.82. The van der Waals surface area contributed by atoms with Crippen molar-refractivity contribution in [3.8, 4) is 0 Å². The third-order valence-corrected chi connectivity index (χ3v) is 5.68. The molecule has 0 bridgehead atoms. The topological polar surface area (TPSA) is 51.2 Å². The van der Waals surface area contributed by atoms with E-state index in [1.165, 1.54) is 11.3 Å². The smallest absolute Gasteiger partial charge is 0.222 e. The standard InChI is InChI=1S/C21H32ClN5O.HI/c1-3-23-21(24-9-5-11-26-10-4-6-20(26)28)27-14-12-25(13-15-27)19-16-18(22)8-7-17(19)2;/h7-8,16H,3-6,9-15H2,1-2H3,(H,23,24);1H. The maximum atomic E-state index is 11.7. The van der Waals surface area contributed by atoms with Gasteiger partial charge in [-0.2, -0.15) is 0 Å². The molecule has 8 heteroatoms. The molecule has 2 saturated heterocycles. The number of aryl methyl sites for hydroxylation is 1. The van der Waals surface area contributed by atoms with Crippen molar-refractivity contribution in [2.24, 2.45) is 4.99 Å². The van der Waals surface area contributed by atoms with Crippen LogP contribution in [-0.2, 0) is 4.79 Å². The van der Waals surface area contributed by atoms with Crippen LogP contribution in [0.3, 0.4) is 0 Å². The van der Waals surface area contributed by atoms with E-state index in [1.54, 1.807) is 0 Å². The van der Waals surface area contributed by atoms with Crippen molar-refractivity contribution in [1.29, 1.82) is 0 Å². The van der Waals surface area contributed by atoms with E-state index in [4.69, 9.17) is 16.6 Å². The quantitative estimate of drug-likeness (QED) is 0.264. The molecule has 0 radical (unpaired) electrons. The number of nitrogens with one attached hydrogen (secondary N) is 1. The van der Waals surface area contributed by atoms with E-state index in [2.05, 4.69) is 41.1 Å². The first-order chi connectivity index (χ1) is 13.6. The van der Waals surface area contributed by atoms with Crippen molar-refractivity contribution < 1.29 is 4.79 Å². The van der Waals surface area contributed by atoms with Gasteiger partial charge in [-0.15, -0.1) is 24.0 Å². The Morgan fingerprint density at radius 2 is 1.97 bits per heavy atom. The molecule has 0 atom stereocenters. The van der Waals surface area contributed by atoms with Crippen LogP contribution in [0.2, 0.25) is 5.02 Å². The number of hydrogen-bond donors (Lipinski definition) is 1. The lowest BCUT2D eigenvalue weighted by molar-refractivity contribution is -0.127. The van der Waals surface area contributed by atoms with Gasteiger partial charge in [-0.3, -0.25) is 9.79 Å². The molecule has 1 aromatic rings. The Balaban J connectivity index is 0.00000300. The van der Waals surface area contributed by atoms with Crippen molar-refractivity contribution >= 4 is 53.1 Å². The van der Waals surface area contributed by atoms with Crippen LogP contribution in [0.25, 0.3) is 0 Å². The summed E-state index contributed by atoms with van der Waals surface area (Å²) < 4.78 is 0. The van der Waals surface area contributed by atoms with Gasteiger partial charge in [-0.25, -0.2) is 0 Å². The molecule has 0 spiro atoms. The Bertz CT molecular complexity index is 706. The average Bonchev–Trinajstić information content (AvgIpc) is 3.11. The van der Waals surface area contributed by atoms with Crippen LogP contribution in [0, 0.1) is 6.92 Å². The van der Waals surface area contributed by atoms with Gasteiger partial charge < -0.3 is 20.0 Å². The second-order valence-corrected chi connectivity index (χ2v) is 7.91. The molecule has 0 unspecified atom stereocenters. The molecule has 2 aliphatic heterocycles. The number of nitrogens with zero attached hydrogens (tertiary/aromatic N) is 4. The molecule has 1 aromatic carbocycles. The minimum absolute atomic E-state index is 0. The van der Waals surface area contributed by atoms with E-state index in [1.807, 2.05) is 11.0 Å². The van der Waals surface area contributed by atoms with Gasteiger partial charge >= 0.3 is 0 Å². The van der Waals surface area contributed by atoms with E-state index in [0.29, 0.717) is 12.3 Å². The van der Waals surface area contributed by atoms with Gasteiger partial charge in [-0.05, 0) is 44.4 Å². The van der Waals surface area contributed by atoms with E-state index < -0.39 is 0 Å². The molecule has 162 valence electrons. The molecule has 3 rings (SSSR count). The number of rotatable bonds is 6. The predicted octanol–water partition coefficient (Wildman–Crippen LogP) is 3.37. The summed E-state index contributed by atoms with van der Waals surface area (Å²) in [5.41, 5.74) is 2.49. The molecular weight excluding hydrogens is 501 g/mol. The van der Waals surface area contributed by atoms with Crippen molar-refractivity contribution in [1.82, 2.24) is 15.1 Å². The maximum absolute atomic E-state index is 11.7. The highest BCUT2D eigenvalue weighted by Gasteiger charge is 2.21. The third kappa shape index (κ3) is 6.64. The fraction of sp³-hybridized carbons (Fsp3) is 0.619. The maximum Gasteiger partial charge on any atom is 0.222 e. The Morgan fingerprint density at radius 1 is 1.21 bits per heavy atom. The van der Waals surface area contributed by atoms with Gasteiger partial charge in [-0.1, -0.05) is 17.7 Å². The fourth-order valence-corrected chi connectivity index (χ4v) is 4.06. The molecule has 0 saturated carbocycles. The first-order valence-corrected chi connectivity index (χ1v) is 10.8. The summed E-state index contributed by atoms with van der Waals surface area (Å²) in [6.45, 7) is 11.3. The monoisotopic (exact) mass is 533 g/mol. The van der Waals surface area contributed by atoms with Crippen LogP contribution in [0.5, 0.6) is 0 Å². The molecule has 2 fully saturated rings. The Hall–Kier alpha value is -1.22. The number of hydrogen-bond acceptors (Lipinski definition) is 3. The van der Waals surface area contributed by atoms with Gasteiger partial charge in [0.1, 0.15) is 0 Å². The van der Waals surface area contributed by atoms with Crippen LogP contribution in [0.4, 0.5) is 5.69 Å². The van der Waals surface area contributed by atoms with Crippen LogP contribution in [0.1, 0.15) is 31.7 Å². The summed E-state index contributed by atoms with van der Waals surface area (Å²) in [6.07, 6.45) is 2.63. The van der Waals surface area contributed by atoms with Crippen LogP contribution in [-0.4, -0.2) is 74.0 Å². The van der Waals surface area contributed by atoms with Crippen molar-refractivity contribution in [3.05, 3.63) is 28.8 Å². The second-order valence-electron chi connectivity index (χ2n) is 7.48. The number of carbonyl (C=O) groups excluding carboxylic acids is 1. The number of piperazine rings is 1. The molecule has 6 nitrogen and oxygen atoms in total. The van der Waals surface area contributed by atoms with Crippen molar-refractivity contribution in [2.75, 3.05) is 57.3 Å². The minimum Gasteiger partial charge on any atom is -0.368 e. The normalized spacial score (nSPS) is 17.6. The first kappa shape index (κ1) is 24.1. The van der Waals surface area contributed by atoms with Gasteiger partial charge in [0.2, 0.25) is 5.91 Å². The van der Waals surface area contributed by atoms with Crippen molar-refractivity contribution in [2.45, 2.75) is 33.1 Å². The molecule has 0 aliphatic carbocycles. The minimum atomic E-state index is 0. The number of guanidine groups is 1. The number of halogens is 2. The summed E-state index contributed by atoms with van der Waals surface area (Å²) in [6, 6.07) is 6.09. The number of aliphatic imine (C=N–C) groups is 1. The summed E-state index contributed by atoms with van der Waals surface area (Å²) in [4.78, 5) is 23.2. The highest BCUT2D eigenvalue weighted by Crippen LogP contribution is 2.25. The van der Waals surface area contributed by atoms with Crippen LogP contribution >= 0.6 is 35.6 Å². The molecule has 0 aromatic heterocycles. The summed E-state index contributed by atoms with van der Waals surface area (Å²) >= 11 is 6.19. The average molecular weight is 534 g/mol. The lowest BCUT2D eigenvalue weighted by Gasteiger charge is -2.38. The molecule has 1 N–H and O–H groups in total. The van der Waals surface area contributed by atoms with Crippen molar-refractivity contribution in [3.63, 3.8) is 0 Å². The van der Waals surface area contributed by atoms with E-state index in [-0.39, 0.29) is 24.0 Å². The van der Waals surface area contributed by atoms with Gasteiger partial charge in [0.05, 0.1) is 0 Å². The van der Waals surface area contributed by atoms with E-state index >= 15 is 0 Å². The number of amides is 1. The molecule has 29 heavy (non-hydrogen) atoms. The number of anilines is 1. The number of likely N-dealkylation sites (tertiary alicyclic amines) is 1. The fourth-order valence-electron chi connectivity index (χ4n) is 3.90. The zero-order valence-corrected chi connectivity index (χ0v) is 20.6. The largest absolute Gasteiger partial charge is 0.368 e. The highest BCUT2D eigenvalue weighted by molar-refractivity contribution is 14.0. The molecule has 2 heterocycles. The highest BCUT2D eigenvalue weighted by atomic mass is 127. The van der Waals surface area contributed by atoms with E-state index in [0.717, 1.165) is 76.2 Å². The lowest BCUT2D eigenvalue weighted by atomic mass is 10.1. The second kappa shape index (κ2) is 11.8. The van der Waals surface area contributed by atoms with Gasteiger partial charge in [0, 0.05) is 69.5 Å². The lowest BCUT2D eigenvalue weighted by Crippen LogP contribution is -2.52. The van der Waals surface area contributed by atoms with Gasteiger partial charge in [0.25, 0.3) is 0 Å². The van der Waals surface area contributed by atoms with Crippen LogP contribution < -0.4 is 10.2 Å². The van der Waals surface area contributed by atoms with E-state index in [9.17, 15) is 4.79 Å². The molecular formula is C21H33ClIN5O. The third-order valence-electron chi connectivity index (χ3n) is 5.45. The molecule has 2 aliphatic rings. The zero-order chi connectivity index (χ0) is 19.9. The summed E-state index contributed by atoms with van der Waals surface area (Å²) in [7, 11) is 0. The van der Waals surface area contributed by atoms with Gasteiger partial charge in [0.15, 0.2) is 5.96 Å². The predicted molar refractivity (Wildman–Crippen MR) is 132 cm³/mol. The Morgan fingerprint density at radius 3 is 2.62 bits per heavy atom. The summed E-state index contributed by atoms with van der Waals surface area (Å²) in [5, 5.41) is 4.21.